The van der Waals surface area contributed by atoms with Gasteiger partial charge in [-0.2, -0.15) is 13.2 Å². The Bertz CT molecular complexity index is 724. The Morgan fingerprint density at radius 1 is 1.33 bits per heavy atom. The van der Waals surface area contributed by atoms with Gasteiger partial charge < -0.3 is 21.1 Å². The lowest BCUT2D eigenvalue weighted by atomic mass is 9.61. The van der Waals surface area contributed by atoms with Crippen molar-refractivity contribution in [3.05, 3.63) is 30.0 Å². The number of nitrogens with zero attached hydrogens (tertiary/aromatic N) is 3. The van der Waals surface area contributed by atoms with Gasteiger partial charge in [0.1, 0.15) is 6.10 Å². The number of alkyl halides is 3. The summed E-state index contributed by atoms with van der Waals surface area (Å²) in [5.74, 6) is -0.0407. The fourth-order valence-electron chi connectivity index (χ4n) is 3.58. The van der Waals surface area contributed by atoms with Crippen molar-refractivity contribution < 1.29 is 22.7 Å². The zero-order chi connectivity index (χ0) is 19.7. The van der Waals surface area contributed by atoms with E-state index in [-0.39, 0.29) is 23.3 Å². The maximum Gasteiger partial charge on any atom is 0.435 e. The number of amides is 1. The minimum Gasteiger partial charge on any atom is -0.473 e. The van der Waals surface area contributed by atoms with E-state index in [4.69, 9.17) is 16.2 Å². The summed E-state index contributed by atoms with van der Waals surface area (Å²) in [4.78, 5) is 20.9. The number of allylic oxidation sites excluding steroid dienone is 1. The number of carbonyl (C=O) groups is 1. The molecule has 7 nitrogen and oxygen atoms in total. The zero-order valence-corrected chi connectivity index (χ0v) is 14.7. The first-order valence-electron chi connectivity index (χ1n) is 8.71. The molecule has 2 heterocycles. The highest BCUT2D eigenvalue weighted by Crippen LogP contribution is 2.49. The van der Waals surface area contributed by atoms with Crippen LogP contribution in [0.2, 0.25) is 0 Å². The molecule has 1 aromatic rings. The molecule has 0 bridgehead atoms. The van der Waals surface area contributed by atoms with Crippen molar-refractivity contribution in [1.82, 2.24) is 14.9 Å². The third kappa shape index (κ3) is 4.42. The first-order valence-corrected chi connectivity index (χ1v) is 8.71. The molecule has 4 N–H and O–H groups in total. The van der Waals surface area contributed by atoms with Crippen LogP contribution in [0.4, 0.5) is 13.2 Å². The lowest BCUT2D eigenvalue weighted by Crippen LogP contribution is -2.65. The SMILES string of the molecule is N/C=C(\N)CCCC(=O)N1CC2(CC(Oc3cncc(C(F)(F)F)n3)C2)C1. The molecule has 10 heteroatoms. The van der Waals surface area contributed by atoms with E-state index in [1.54, 1.807) is 4.90 Å². The Morgan fingerprint density at radius 2 is 2.04 bits per heavy atom. The second-order valence-corrected chi connectivity index (χ2v) is 7.23. The van der Waals surface area contributed by atoms with E-state index in [1.165, 1.54) is 12.4 Å². The lowest BCUT2D eigenvalue weighted by molar-refractivity contribution is -0.160. The molecule has 2 aliphatic rings. The van der Waals surface area contributed by atoms with Crippen molar-refractivity contribution in [2.75, 3.05) is 13.1 Å². The van der Waals surface area contributed by atoms with Crippen LogP contribution in [0.15, 0.2) is 24.3 Å². The van der Waals surface area contributed by atoms with Crippen molar-refractivity contribution in [3.63, 3.8) is 0 Å². The highest BCUT2D eigenvalue weighted by Gasteiger charge is 2.54. The minimum absolute atomic E-state index is 0.0194. The molecule has 1 saturated carbocycles. The Morgan fingerprint density at radius 3 is 2.67 bits per heavy atom. The van der Waals surface area contributed by atoms with E-state index < -0.39 is 11.9 Å². The quantitative estimate of drug-likeness (QED) is 0.773. The van der Waals surface area contributed by atoms with Crippen LogP contribution in [-0.2, 0) is 11.0 Å². The van der Waals surface area contributed by atoms with E-state index in [1.807, 2.05) is 0 Å². The van der Waals surface area contributed by atoms with Crippen LogP contribution in [0.5, 0.6) is 5.88 Å². The summed E-state index contributed by atoms with van der Waals surface area (Å²) in [7, 11) is 0. The molecule has 1 aliphatic carbocycles. The van der Waals surface area contributed by atoms with Crippen LogP contribution >= 0.6 is 0 Å². The van der Waals surface area contributed by atoms with E-state index in [9.17, 15) is 18.0 Å². The van der Waals surface area contributed by atoms with Gasteiger partial charge in [0.15, 0.2) is 5.69 Å². The first kappa shape index (κ1) is 19.2. The number of likely N-dealkylation sites (tertiary alicyclic amines) is 1. The summed E-state index contributed by atoms with van der Waals surface area (Å²) >= 11 is 0. The van der Waals surface area contributed by atoms with Crippen molar-refractivity contribution >= 4 is 5.91 Å². The number of rotatable bonds is 6. The Kier molecular flexibility index (Phi) is 5.16. The average molecular weight is 385 g/mol. The molecule has 0 aromatic carbocycles. The molecule has 3 rings (SSSR count). The second kappa shape index (κ2) is 7.24. The van der Waals surface area contributed by atoms with Crippen molar-refractivity contribution in [1.29, 1.82) is 0 Å². The molecule has 1 saturated heterocycles. The fraction of sp³-hybridized carbons (Fsp3) is 0.588. The van der Waals surface area contributed by atoms with Crippen molar-refractivity contribution in [3.8, 4) is 5.88 Å². The number of ether oxygens (including phenoxy) is 1. The Labute approximate surface area is 154 Å². The van der Waals surface area contributed by atoms with Crippen LogP contribution in [-0.4, -0.2) is 40.0 Å². The van der Waals surface area contributed by atoms with Gasteiger partial charge >= 0.3 is 6.18 Å². The number of aromatic nitrogens is 2. The monoisotopic (exact) mass is 385 g/mol. The molecule has 0 unspecified atom stereocenters. The van der Waals surface area contributed by atoms with Gasteiger partial charge in [-0.3, -0.25) is 9.78 Å². The Hall–Kier alpha value is -2.52. The third-order valence-corrected chi connectivity index (χ3v) is 4.99. The summed E-state index contributed by atoms with van der Waals surface area (Å²) in [6.07, 6.45) is 1.49. The van der Waals surface area contributed by atoms with E-state index >= 15 is 0 Å². The number of carbonyl (C=O) groups excluding carboxylic acids is 1. The van der Waals surface area contributed by atoms with Gasteiger partial charge in [0, 0.05) is 36.8 Å². The van der Waals surface area contributed by atoms with Crippen LogP contribution in [0.3, 0.4) is 0 Å². The second-order valence-electron chi connectivity index (χ2n) is 7.23. The molecule has 1 amide bonds. The standard InChI is InChI=1S/C17H22F3N5O2/c18-17(19,20)13-7-23-8-14(24-13)27-12-4-16(5-12)9-25(10-16)15(26)3-1-2-11(22)6-21/h6-8,12H,1-5,9-10,21-22H2/b11-6-. The highest BCUT2D eigenvalue weighted by atomic mass is 19.4. The maximum atomic E-state index is 12.6. The molecule has 1 spiro atoms. The molecule has 0 radical (unpaired) electrons. The molecule has 148 valence electrons. The van der Waals surface area contributed by atoms with Crippen LogP contribution in [0.25, 0.3) is 0 Å². The van der Waals surface area contributed by atoms with E-state index in [2.05, 4.69) is 9.97 Å². The number of hydrogen-bond acceptors (Lipinski definition) is 6. The van der Waals surface area contributed by atoms with Gasteiger partial charge in [-0.15, -0.1) is 0 Å². The molecule has 0 atom stereocenters. The highest BCUT2D eigenvalue weighted by molar-refractivity contribution is 5.77. The van der Waals surface area contributed by atoms with Gasteiger partial charge in [0.2, 0.25) is 11.8 Å². The first-order chi connectivity index (χ1) is 12.7. The van der Waals surface area contributed by atoms with Crippen LogP contribution < -0.4 is 16.2 Å². The van der Waals surface area contributed by atoms with Crippen LogP contribution in [0.1, 0.15) is 37.8 Å². The van der Waals surface area contributed by atoms with E-state index in [0.717, 1.165) is 0 Å². The molecule has 2 fully saturated rings. The topological polar surface area (TPSA) is 107 Å². The van der Waals surface area contributed by atoms with Crippen LogP contribution in [0, 0.1) is 5.41 Å². The molecule has 1 aromatic heterocycles. The van der Waals surface area contributed by atoms with Gasteiger partial charge in [0.05, 0.1) is 12.4 Å². The third-order valence-electron chi connectivity index (χ3n) is 4.99. The summed E-state index contributed by atoms with van der Waals surface area (Å²) in [5.41, 5.74) is 10.4. The van der Waals surface area contributed by atoms with E-state index in [0.29, 0.717) is 57.1 Å². The van der Waals surface area contributed by atoms with Gasteiger partial charge in [-0.05, 0) is 25.7 Å². The summed E-state index contributed by atoms with van der Waals surface area (Å²) in [6.45, 7) is 1.31. The summed E-state index contributed by atoms with van der Waals surface area (Å²) < 4.78 is 43.5. The number of halogens is 3. The predicted octanol–water partition coefficient (Wildman–Crippen LogP) is 1.79. The molecular formula is C17H22F3N5O2. The number of hydrogen-bond donors (Lipinski definition) is 2. The van der Waals surface area contributed by atoms with Crippen molar-refractivity contribution in [2.24, 2.45) is 16.9 Å². The van der Waals surface area contributed by atoms with Crippen molar-refractivity contribution in [2.45, 2.75) is 44.4 Å². The predicted molar refractivity (Wildman–Crippen MR) is 90.0 cm³/mol. The molecular weight excluding hydrogens is 363 g/mol. The molecule has 1 aliphatic heterocycles. The van der Waals surface area contributed by atoms with Gasteiger partial charge in [0.25, 0.3) is 0 Å². The van der Waals surface area contributed by atoms with Gasteiger partial charge in [-0.1, -0.05) is 0 Å². The summed E-state index contributed by atoms with van der Waals surface area (Å²) in [6, 6.07) is 0. The largest absolute Gasteiger partial charge is 0.473 e. The normalized spacial score (nSPS) is 19.5. The minimum atomic E-state index is -4.55. The lowest BCUT2D eigenvalue weighted by Gasteiger charge is -2.58. The van der Waals surface area contributed by atoms with Gasteiger partial charge in [-0.25, -0.2) is 4.98 Å². The number of nitrogens with two attached hydrogens (primary N) is 2. The molecule has 27 heavy (non-hydrogen) atoms. The smallest absolute Gasteiger partial charge is 0.435 e. The Balaban J connectivity index is 1.40. The summed E-state index contributed by atoms with van der Waals surface area (Å²) in [5, 5.41) is 0. The zero-order valence-electron chi connectivity index (χ0n) is 14.7. The maximum absolute atomic E-state index is 12.6. The fourth-order valence-corrected chi connectivity index (χ4v) is 3.58. The average Bonchev–Trinajstić information content (AvgIpc) is 2.54.